The van der Waals surface area contributed by atoms with Gasteiger partial charge in [-0.05, 0) is 37.8 Å². The Bertz CT molecular complexity index is 555. The lowest BCUT2D eigenvalue weighted by molar-refractivity contribution is 0.476. The predicted octanol–water partition coefficient (Wildman–Crippen LogP) is 3.21. The Labute approximate surface area is 107 Å². The summed E-state index contributed by atoms with van der Waals surface area (Å²) in [6.45, 7) is 4.97. The molecule has 1 N–H and O–H groups in total. The Hall–Kier alpha value is -1.61. The zero-order valence-electron chi connectivity index (χ0n) is 10.9. The third kappa shape index (κ3) is 2.31. The molecule has 0 unspecified atom stereocenters. The smallest absolute Gasteiger partial charge is 0.208 e. The van der Waals surface area contributed by atoms with Crippen molar-refractivity contribution in [2.45, 2.75) is 39.3 Å². The fourth-order valence-corrected chi connectivity index (χ4v) is 2.05. The maximum Gasteiger partial charge on any atom is 0.208 e. The first-order valence-electron chi connectivity index (χ1n) is 6.49. The van der Waals surface area contributed by atoms with Gasteiger partial charge in [-0.2, -0.15) is 0 Å². The van der Waals surface area contributed by atoms with Crippen LogP contribution in [0, 0.1) is 13.8 Å². The number of oxazole rings is 1. The quantitative estimate of drug-likeness (QED) is 0.894. The van der Waals surface area contributed by atoms with Crippen LogP contribution >= 0.6 is 0 Å². The SMILES string of the molecule is Cc1cccc(-c2cnc(CNC3CC3)o2)c1C. The van der Waals surface area contributed by atoms with Crippen molar-refractivity contribution in [1.29, 1.82) is 0 Å². The first-order valence-corrected chi connectivity index (χ1v) is 6.49. The maximum atomic E-state index is 5.81. The Morgan fingerprint density at radius 3 is 2.94 bits per heavy atom. The molecule has 1 fully saturated rings. The lowest BCUT2D eigenvalue weighted by Gasteiger charge is -2.05. The normalized spacial score (nSPS) is 15.0. The highest BCUT2D eigenvalue weighted by Crippen LogP contribution is 2.26. The fourth-order valence-electron chi connectivity index (χ4n) is 2.05. The molecular formula is C15H18N2O. The van der Waals surface area contributed by atoms with E-state index in [0.29, 0.717) is 6.04 Å². The van der Waals surface area contributed by atoms with Crippen molar-refractivity contribution in [3.05, 3.63) is 41.4 Å². The van der Waals surface area contributed by atoms with E-state index in [4.69, 9.17) is 4.42 Å². The molecule has 2 aromatic rings. The molecule has 18 heavy (non-hydrogen) atoms. The van der Waals surface area contributed by atoms with E-state index in [9.17, 15) is 0 Å². The van der Waals surface area contributed by atoms with E-state index in [1.807, 2.05) is 6.20 Å². The molecule has 94 valence electrons. The maximum absolute atomic E-state index is 5.81. The molecule has 3 nitrogen and oxygen atoms in total. The average Bonchev–Trinajstić information content (AvgIpc) is 3.08. The van der Waals surface area contributed by atoms with Crippen LogP contribution in [0.3, 0.4) is 0 Å². The van der Waals surface area contributed by atoms with E-state index < -0.39 is 0 Å². The molecule has 3 rings (SSSR count). The summed E-state index contributed by atoms with van der Waals surface area (Å²) in [4.78, 5) is 4.33. The van der Waals surface area contributed by atoms with Gasteiger partial charge < -0.3 is 9.73 Å². The van der Waals surface area contributed by atoms with Crippen molar-refractivity contribution in [3.8, 4) is 11.3 Å². The van der Waals surface area contributed by atoms with Crippen LogP contribution in [0.1, 0.15) is 29.9 Å². The van der Waals surface area contributed by atoms with Gasteiger partial charge >= 0.3 is 0 Å². The molecule has 1 aromatic carbocycles. The summed E-state index contributed by atoms with van der Waals surface area (Å²) in [6, 6.07) is 6.94. The second-order valence-corrected chi connectivity index (χ2v) is 5.02. The fraction of sp³-hybridized carbons (Fsp3) is 0.400. The number of rotatable bonds is 4. The minimum atomic E-state index is 0.682. The molecule has 0 amide bonds. The summed E-state index contributed by atoms with van der Waals surface area (Å²) in [6.07, 6.45) is 4.39. The average molecular weight is 242 g/mol. The van der Waals surface area contributed by atoms with Crippen molar-refractivity contribution in [2.24, 2.45) is 0 Å². The Balaban J connectivity index is 1.80. The number of nitrogens with zero attached hydrogens (tertiary/aromatic N) is 1. The van der Waals surface area contributed by atoms with Crippen molar-refractivity contribution in [2.75, 3.05) is 0 Å². The number of hydrogen-bond donors (Lipinski definition) is 1. The monoisotopic (exact) mass is 242 g/mol. The molecule has 0 spiro atoms. The molecule has 0 saturated heterocycles. The van der Waals surface area contributed by atoms with Crippen LogP contribution < -0.4 is 5.32 Å². The number of aryl methyl sites for hydroxylation is 1. The minimum Gasteiger partial charge on any atom is -0.439 e. The van der Waals surface area contributed by atoms with E-state index in [1.165, 1.54) is 24.0 Å². The zero-order chi connectivity index (χ0) is 12.5. The predicted molar refractivity (Wildman–Crippen MR) is 71.3 cm³/mol. The summed E-state index contributed by atoms with van der Waals surface area (Å²) in [5, 5.41) is 3.41. The summed E-state index contributed by atoms with van der Waals surface area (Å²) in [7, 11) is 0. The van der Waals surface area contributed by atoms with Crippen molar-refractivity contribution in [3.63, 3.8) is 0 Å². The Morgan fingerprint density at radius 2 is 2.17 bits per heavy atom. The topological polar surface area (TPSA) is 38.1 Å². The number of hydrogen-bond acceptors (Lipinski definition) is 3. The third-order valence-corrected chi connectivity index (χ3v) is 3.54. The van der Waals surface area contributed by atoms with Gasteiger partial charge in [-0.15, -0.1) is 0 Å². The number of aromatic nitrogens is 1. The van der Waals surface area contributed by atoms with E-state index in [-0.39, 0.29) is 0 Å². The van der Waals surface area contributed by atoms with Gasteiger partial charge in [0.25, 0.3) is 0 Å². The molecular weight excluding hydrogens is 224 g/mol. The van der Waals surface area contributed by atoms with Crippen LogP contribution in [-0.2, 0) is 6.54 Å². The molecule has 0 bridgehead atoms. The third-order valence-electron chi connectivity index (χ3n) is 3.54. The van der Waals surface area contributed by atoms with Gasteiger partial charge in [-0.1, -0.05) is 18.2 Å². The molecule has 0 atom stereocenters. The minimum absolute atomic E-state index is 0.682. The van der Waals surface area contributed by atoms with Crippen LogP contribution in [-0.4, -0.2) is 11.0 Å². The largest absolute Gasteiger partial charge is 0.439 e. The summed E-state index contributed by atoms with van der Waals surface area (Å²) in [5.41, 5.74) is 3.68. The molecule has 1 aliphatic rings. The Morgan fingerprint density at radius 1 is 1.33 bits per heavy atom. The molecule has 3 heteroatoms. The van der Waals surface area contributed by atoms with Gasteiger partial charge in [-0.3, -0.25) is 0 Å². The molecule has 1 saturated carbocycles. The van der Waals surface area contributed by atoms with Crippen LogP contribution in [0.2, 0.25) is 0 Å². The second kappa shape index (κ2) is 4.58. The van der Waals surface area contributed by atoms with Crippen LogP contribution in [0.25, 0.3) is 11.3 Å². The Kier molecular flexibility index (Phi) is 2.92. The van der Waals surface area contributed by atoms with Crippen molar-refractivity contribution in [1.82, 2.24) is 10.3 Å². The first kappa shape index (κ1) is 11.5. The van der Waals surface area contributed by atoms with Crippen LogP contribution in [0.15, 0.2) is 28.8 Å². The highest BCUT2D eigenvalue weighted by Gasteiger charge is 2.21. The standard InChI is InChI=1S/C15H18N2O/c1-10-4-3-5-13(11(10)2)14-8-17-15(18-14)9-16-12-6-7-12/h3-5,8,12,16H,6-7,9H2,1-2H3. The number of nitrogens with one attached hydrogen (secondary N) is 1. The zero-order valence-corrected chi connectivity index (χ0v) is 10.9. The molecule has 1 aliphatic carbocycles. The van der Waals surface area contributed by atoms with Gasteiger partial charge in [-0.25, -0.2) is 4.98 Å². The van der Waals surface area contributed by atoms with Crippen molar-refractivity contribution >= 4 is 0 Å². The lowest BCUT2D eigenvalue weighted by atomic mass is 10.0. The number of benzene rings is 1. The molecule has 1 heterocycles. The van der Waals surface area contributed by atoms with Gasteiger partial charge in [0, 0.05) is 11.6 Å². The van der Waals surface area contributed by atoms with Crippen molar-refractivity contribution < 1.29 is 4.42 Å². The van der Waals surface area contributed by atoms with Gasteiger partial charge in [0.15, 0.2) is 5.76 Å². The summed E-state index contributed by atoms with van der Waals surface area (Å²) >= 11 is 0. The van der Waals surface area contributed by atoms with Crippen LogP contribution in [0.4, 0.5) is 0 Å². The van der Waals surface area contributed by atoms with E-state index >= 15 is 0 Å². The van der Waals surface area contributed by atoms with E-state index in [1.54, 1.807) is 0 Å². The van der Waals surface area contributed by atoms with Gasteiger partial charge in [0.2, 0.25) is 5.89 Å². The molecule has 1 aromatic heterocycles. The highest BCUT2D eigenvalue weighted by molar-refractivity contribution is 5.62. The van der Waals surface area contributed by atoms with Crippen LogP contribution in [0.5, 0.6) is 0 Å². The highest BCUT2D eigenvalue weighted by atomic mass is 16.4. The van der Waals surface area contributed by atoms with Gasteiger partial charge in [0.05, 0.1) is 12.7 Å². The summed E-state index contributed by atoms with van der Waals surface area (Å²) < 4.78 is 5.81. The molecule has 0 aliphatic heterocycles. The second-order valence-electron chi connectivity index (χ2n) is 5.02. The van der Waals surface area contributed by atoms with E-state index in [2.05, 4.69) is 42.3 Å². The first-order chi connectivity index (χ1) is 8.74. The lowest BCUT2D eigenvalue weighted by Crippen LogP contribution is -2.15. The molecule has 0 radical (unpaired) electrons. The van der Waals surface area contributed by atoms with E-state index in [0.717, 1.165) is 23.8 Å². The van der Waals surface area contributed by atoms with Gasteiger partial charge in [0.1, 0.15) is 0 Å². The summed E-state index contributed by atoms with van der Waals surface area (Å²) in [5.74, 6) is 1.64.